The molecule has 0 bridgehead atoms. The Morgan fingerprint density at radius 1 is 1.38 bits per heavy atom. The van der Waals surface area contributed by atoms with Crippen molar-refractivity contribution in [1.82, 2.24) is 0 Å². The molecule has 13 heavy (non-hydrogen) atoms. The largest absolute Gasteiger partial charge is 0.372 e. The van der Waals surface area contributed by atoms with Crippen LogP contribution in [0.2, 0.25) is 0 Å². The van der Waals surface area contributed by atoms with Gasteiger partial charge in [0.1, 0.15) is 6.54 Å². The molecule has 2 rings (SSSR count). The molecule has 2 nitrogen and oxygen atoms in total. The summed E-state index contributed by atoms with van der Waals surface area (Å²) in [5.74, 6) is 0. The summed E-state index contributed by atoms with van der Waals surface area (Å²) < 4.78 is 1.28. The summed E-state index contributed by atoms with van der Waals surface area (Å²) in [6, 6.07) is 10.3. The van der Waals surface area contributed by atoms with Crippen LogP contribution in [0.1, 0.15) is 0 Å². The van der Waals surface area contributed by atoms with Gasteiger partial charge in [0.05, 0.1) is 6.07 Å². The third-order valence-corrected chi connectivity index (χ3v) is 2.72. The number of benzene rings is 1. The molecule has 1 N–H and O–H groups in total. The van der Waals surface area contributed by atoms with Crippen LogP contribution in [-0.4, -0.2) is 6.54 Å². The number of nitriles is 1. The smallest absolute Gasteiger partial charge is 0.103 e. The first-order valence-corrected chi connectivity index (χ1v) is 4.86. The van der Waals surface area contributed by atoms with Crippen LogP contribution in [0.15, 0.2) is 29.6 Å². The molecule has 0 spiro atoms. The van der Waals surface area contributed by atoms with E-state index in [0.29, 0.717) is 6.54 Å². The van der Waals surface area contributed by atoms with Gasteiger partial charge in [0, 0.05) is 10.4 Å². The van der Waals surface area contributed by atoms with Gasteiger partial charge >= 0.3 is 0 Å². The molecule has 64 valence electrons. The molecule has 0 unspecified atom stereocenters. The Balaban J connectivity index is 2.33. The van der Waals surface area contributed by atoms with Crippen LogP contribution in [0.25, 0.3) is 10.1 Å². The third-order valence-electron chi connectivity index (χ3n) is 1.82. The molecule has 2 aromatic rings. The summed E-state index contributed by atoms with van der Waals surface area (Å²) in [5, 5.41) is 14.7. The van der Waals surface area contributed by atoms with Crippen molar-refractivity contribution in [3.05, 3.63) is 29.6 Å². The first-order chi connectivity index (χ1) is 6.40. The summed E-state index contributed by atoms with van der Waals surface area (Å²) in [5.41, 5.74) is 1.01. The number of hydrogen-bond acceptors (Lipinski definition) is 3. The van der Waals surface area contributed by atoms with Gasteiger partial charge in [-0.05, 0) is 35.0 Å². The molecule has 1 aromatic carbocycles. The molecule has 0 aliphatic carbocycles. The average molecular weight is 188 g/mol. The van der Waals surface area contributed by atoms with Crippen LogP contribution >= 0.6 is 11.3 Å². The van der Waals surface area contributed by atoms with E-state index in [0.717, 1.165) is 5.69 Å². The van der Waals surface area contributed by atoms with Gasteiger partial charge < -0.3 is 5.32 Å². The van der Waals surface area contributed by atoms with Crippen LogP contribution in [0, 0.1) is 11.3 Å². The summed E-state index contributed by atoms with van der Waals surface area (Å²) >= 11 is 1.73. The maximum absolute atomic E-state index is 8.39. The van der Waals surface area contributed by atoms with Gasteiger partial charge in [-0.3, -0.25) is 0 Å². The Morgan fingerprint density at radius 3 is 3.15 bits per heavy atom. The van der Waals surface area contributed by atoms with E-state index < -0.39 is 0 Å². The van der Waals surface area contributed by atoms with Crippen molar-refractivity contribution in [3.8, 4) is 6.07 Å². The number of anilines is 1. The lowest BCUT2D eigenvalue weighted by atomic mass is 10.2. The topological polar surface area (TPSA) is 35.8 Å². The molecule has 0 atom stereocenters. The molecule has 0 aliphatic heterocycles. The lowest BCUT2D eigenvalue weighted by Gasteiger charge is -2.00. The van der Waals surface area contributed by atoms with E-state index in [9.17, 15) is 0 Å². The number of fused-ring (bicyclic) bond motifs is 1. The lowest BCUT2D eigenvalue weighted by molar-refractivity contribution is 1.32. The van der Waals surface area contributed by atoms with E-state index >= 15 is 0 Å². The molecule has 1 aromatic heterocycles. The second-order valence-corrected chi connectivity index (χ2v) is 3.63. The van der Waals surface area contributed by atoms with Crippen molar-refractivity contribution in [2.75, 3.05) is 11.9 Å². The Bertz CT molecular complexity index is 453. The van der Waals surface area contributed by atoms with Crippen molar-refractivity contribution in [2.24, 2.45) is 0 Å². The standard InChI is InChI=1S/C10H8N2S/c11-4-5-12-9-1-2-10-8(7-9)3-6-13-10/h1-3,6-7,12H,5H2. The fourth-order valence-electron chi connectivity index (χ4n) is 1.22. The van der Waals surface area contributed by atoms with Gasteiger partial charge in [0.25, 0.3) is 0 Å². The highest BCUT2D eigenvalue weighted by Gasteiger charge is 1.95. The van der Waals surface area contributed by atoms with Crippen LogP contribution < -0.4 is 5.32 Å². The Kier molecular flexibility index (Phi) is 2.15. The number of hydrogen-bond donors (Lipinski definition) is 1. The predicted octanol–water partition coefficient (Wildman–Crippen LogP) is 2.84. The van der Waals surface area contributed by atoms with Crippen molar-refractivity contribution >= 4 is 27.1 Å². The second-order valence-electron chi connectivity index (χ2n) is 2.68. The lowest BCUT2D eigenvalue weighted by Crippen LogP contribution is -1.97. The molecule has 0 saturated heterocycles. The second kappa shape index (κ2) is 3.46. The molecule has 3 heteroatoms. The minimum absolute atomic E-state index is 0.357. The highest BCUT2D eigenvalue weighted by Crippen LogP contribution is 2.23. The molecule has 0 aliphatic rings. The molecule has 1 heterocycles. The van der Waals surface area contributed by atoms with E-state index in [4.69, 9.17) is 5.26 Å². The SMILES string of the molecule is N#CCNc1ccc2sccc2c1. The predicted molar refractivity (Wildman–Crippen MR) is 55.9 cm³/mol. The van der Waals surface area contributed by atoms with E-state index in [1.165, 1.54) is 10.1 Å². The summed E-state index contributed by atoms with van der Waals surface area (Å²) in [7, 11) is 0. The van der Waals surface area contributed by atoms with Crippen molar-refractivity contribution in [1.29, 1.82) is 5.26 Å². The van der Waals surface area contributed by atoms with E-state index in [1.54, 1.807) is 11.3 Å². The zero-order chi connectivity index (χ0) is 9.10. The minimum Gasteiger partial charge on any atom is -0.372 e. The van der Waals surface area contributed by atoms with Crippen LogP contribution in [-0.2, 0) is 0 Å². The first-order valence-electron chi connectivity index (χ1n) is 3.98. The Hall–Kier alpha value is -1.53. The van der Waals surface area contributed by atoms with Crippen LogP contribution in [0.5, 0.6) is 0 Å². The fraction of sp³-hybridized carbons (Fsp3) is 0.100. The maximum Gasteiger partial charge on any atom is 0.103 e. The van der Waals surface area contributed by atoms with Gasteiger partial charge in [0.15, 0.2) is 0 Å². The number of thiophene rings is 1. The van der Waals surface area contributed by atoms with Crippen molar-refractivity contribution in [3.63, 3.8) is 0 Å². The summed E-state index contributed by atoms with van der Waals surface area (Å²) in [4.78, 5) is 0. The van der Waals surface area contributed by atoms with Crippen LogP contribution in [0.3, 0.4) is 0 Å². The average Bonchev–Trinajstić information content (AvgIpc) is 2.61. The Morgan fingerprint density at radius 2 is 2.31 bits per heavy atom. The molecule has 0 radical (unpaired) electrons. The molecular weight excluding hydrogens is 180 g/mol. The number of rotatable bonds is 2. The van der Waals surface area contributed by atoms with Gasteiger partial charge in [-0.2, -0.15) is 5.26 Å². The monoisotopic (exact) mass is 188 g/mol. The van der Waals surface area contributed by atoms with Crippen LogP contribution in [0.4, 0.5) is 5.69 Å². The number of nitrogens with one attached hydrogen (secondary N) is 1. The maximum atomic E-state index is 8.39. The Labute approximate surface area is 80.4 Å². The summed E-state index contributed by atoms with van der Waals surface area (Å²) in [6.07, 6.45) is 0. The molecular formula is C10H8N2S. The normalized spacial score (nSPS) is 9.77. The summed E-state index contributed by atoms with van der Waals surface area (Å²) in [6.45, 7) is 0.357. The number of nitrogens with zero attached hydrogens (tertiary/aromatic N) is 1. The first kappa shape index (κ1) is 8.09. The van der Waals surface area contributed by atoms with E-state index in [1.807, 2.05) is 12.1 Å². The van der Waals surface area contributed by atoms with Gasteiger partial charge in [0.2, 0.25) is 0 Å². The quantitative estimate of drug-likeness (QED) is 0.735. The van der Waals surface area contributed by atoms with Gasteiger partial charge in [-0.25, -0.2) is 0 Å². The highest BCUT2D eigenvalue weighted by atomic mass is 32.1. The van der Waals surface area contributed by atoms with Gasteiger partial charge in [-0.1, -0.05) is 0 Å². The zero-order valence-corrected chi connectivity index (χ0v) is 7.77. The fourth-order valence-corrected chi connectivity index (χ4v) is 1.99. The van der Waals surface area contributed by atoms with Crippen molar-refractivity contribution < 1.29 is 0 Å². The highest BCUT2D eigenvalue weighted by molar-refractivity contribution is 7.17. The van der Waals surface area contributed by atoms with E-state index in [-0.39, 0.29) is 0 Å². The molecule has 0 amide bonds. The zero-order valence-electron chi connectivity index (χ0n) is 6.95. The minimum atomic E-state index is 0.357. The molecule has 0 fully saturated rings. The molecule has 0 saturated carbocycles. The third kappa shape index (κ3) is 1.63. The van der Waals surface area contributed by atoms with Crippen molar-refractivity contribution in [2.45, 2.75) is 0 Å². The van der Waals surface area contributed by atoms with E-state index in [2.05, 4.69) is 28.9 Å². The van der Waals surface area contributed by atoms with Gasteiger partial charge in [-0.15, -0.1) is 11.3 Å².